The van der Waals surface area contributed by atoms with Gasteiger partial charge in [-0.15, -0.1) is 0 Å². The molecule has 1 aromatic carbocycles. The van der Waals surface area contributed by atoms with Crippen LogP contribution in [0.15, 0.2) is 18.2 Å². The van der Waals surface area contributed by atoms with Gasteiger partial charge in [0.25, 0.3) is 5.91 Å². The number of aldehydes is 2. The minimum absolute atomic E-state index is 0.170. The Hall–Kier alpha value is -2.74. The number of hydrogen-bond donors (Lipinski definition) is 1. The number of anilines is 1. The first kappa shape index (κ1) is 25.9. The fourth-order valence-electron chi connectivity index (χ4n) is 5.14. The average Bonchev–Trinajstić information content (AvgIpc) is 2.88. The number of carbonyl (C=O) groups excluding carboxylic acids is 4. The maximum atomic E-state index is 13.1. The van der Waals surface area contributed by atoms with Crippen molar-refractivity contribution in [3.8, 4) is 0 Å². The summed E-state index contributed by atoms with van der Waals surface area (Å²) in [7, 11) is 3.03. The molecule has 2 aliphatic rings. The van der Waals surface area contributed by atoms with Crippen molar-refractivity contribution in [2.45, 2.75) is 51.0 Å². The summed E-state index contributed by atoms with van der Waals surface area (Å²) in [4.78, 5) is 54.3. The molecule has 3 rings (SSSR count). The van der Waals surface area contributed by atoms with E-state index in [1.54, 1.807) is 12.1 Å². The van der Waals surface area contributed by atoms with Gasteiger partial charge in [-0.1, -0.05) is 6.42 Å². The van der Waals surface area contributed by atoms with E-state index in [9.17, 15) is 19.2 Å². The van der Waals surface area contributed by atoms with Crippen LogP contribution in [0.25, 0.3) is 0 Å². The second-order valence-electron chi connectivity index (χ2n) is 9.47. The SMILES string of the molecule is CNC(=O)C(CCC=O)N(C)C(=O)c1ccc(N2CCC(CN3CCCCC3)CC2)cc1C=O. The van der Waals surface area contributed by atoms with Gasteiger partial charge < -0.3 is 24.8 Å². The minimum atomic E-state index is -0.777. The molecule has 1 aromatic rings. The molecule has 2 aliphatic heterocycles. The van der Waals surface area contributed by atoms with Crippen LogP contribution >= 0.6 is 0 Å². The smallest absolute Gasteiger partial charge is 0.255 e. The number of carbonyl (C=O) groups is 4. The lowest BCUT2D eigenvalue weighted by molar-refractivity contribution is -0.125. The van der Waals surface area contributed by atoms with Crippen molar-refractivity contribution < 1.29 is 19.2 Å². The summed E-state index contributed by atoms with van der Waals surface area (Å²) in [5.74, 6) is -0.0369. The summed E-state index contributed by atoms with van der Waals surface area (Å²) in [6.45, 7) is 5.51. The largest absolute Gasteiger partial charge is 0.371 e. The number of nitrogens with zero attached hydrogens (tertiary/aromatic N) is 3. The Bertz CT molecular complexity index is 860. The minimum Gasteiger partial charge on any atom is -0.371 e. The molecular formula is C26H38N4O4. The third-order valence-corrected chi connectivity index (χ3v) is 7.23. The maximum absolute atomic E-state index is 13.1. The number of likely N-dealkylation sites (N-methyl/N-ethyl adjacent to an activating group) is 2. The van der Waals surface area contributed by atoms with Gasteiger partial charge in [-0.25, -0.2) is 0 Å². The van der Waals surface area contributed by atoms with Crippen LogP contribution in [0, 0.1) is 5.92 Å². The quantitative estimate of drug-likeness (QED) is 0.528. The van der Waals surface area contributed by atoms with Crippen LogP contribution < -0.4 is 10.2 Å². The molecule has 8 nitrogen and oxygen atoms in total. The van der Waals surface area contributed by atoms with Crippen LogP contribution in [0.4, 0.5) is 5.69 Å². The predicted molar refractivity (Wildman–Crippen MR) is 132 cm³/mol. The van der Waals surface area contributed by atoms with E-state index in [0.717, 1.165) is 37.9 Å². The molecule has 2 saturated heterocycles. The van der Waals surface area contributed by atoms with Gasteiger partial charge in [0, 0.05) is 51.4 Å². The highest BCUT2D eigenvalue weighted by molar-refractivity contribution is 6.03. The van der Waals surface area contributed by atoms with E-state index in [1.807, 2.05) is 6.07 Å². The zero-order valence-electron chi connectivity index (χ0n) is 20.5. The van der Waals surface area contributed by atoms with E-state index >= 15 is 0 Å². The number of amides is 2. The van der Waals surface area contributed by atoms with Crippen LogP contribution in [0.5, 0.6) is 0 Å². The van der Waals surface area contributed by atoms with Gasteiger partial charge in [-0.3, -0.25) is 14.4 Å². The van der Waals surface area contributed by atoms with Crippen molar-refractivity contribution in [1.82, 2.24) is 15.1 Å². The zero-order valence-corrected chi connectivity index (χ0v) is 20.5. The summed E-state index contributed by atoms with van der Waals surface area (Å²) >= 11 is 0. The number of likely N-dealkylation sites (tertiary alicyclic amines) is 1. The first-order chi connectivity index (χ1) is 16.5. The fraction of sp³-hybridized carbons (Fsp3) is 0.615. The Balaban J connectivity index is 1.65. The molecule has 2 fully saturated rings. The molecule has 186 valence electrons. The monoisotopic (exact) mass is 470 g/mol. The van der Waals surface area contributed by atoms with Gasteiger partial charge in [0.05, 0.1) is 5.56 Å². The Labute approximate surface area is 202 Å². The molecule has 1 atom stereocenters. The van der Waals surface area contributed by atoms with Crippen molar-refractivity contribution in [2.75, 3.05) is 51.7 Å². The van der Waals surface area contributed by atoms with E-state index in [-0.39, 0.29) is 24.3 Å². The molecule has 0 spiro atoms. The van der Waals surface area contributed by atoms with E-state index < -0.39 is 11.9 Å². The van der Waals surface area contributed by atoms with Gasteiger partial charge in [0.2, 0.25) is 5.91 Å². The van der Waals surface area contributed by atoms with Crippen molar-refractivity contribution in [1.29, 1.82) is 0 Å². The highest BCUT2D eigenvalue weighted by Gasteiger charge is 2.28. The zero-order chi connectivity index (χ0) is 24.5. The van der Waals surface area contributed by atoms with Crippen LogP contribution in [-0.4, -0.2) is 87.0 Å². The molecule has 0 saturated carbocycles. The lowest BCUT2D eigenvalue weighted by Gasteiger charge is -2.37. The van der Waals surface area contributed by atoms with Crippen LogP contribution in [0.1, 0.15) is 65.7 Å². The van der Waals surface area contributed by atoms with Crippen molar-refractivity contribution in [2.24, 2.45) is 5.92 Å². The molecule has 1 unspecified atom stereocenters. The van der Waals surface area contributed by atoms with E-state index in [4.69, 9.17) is 0 Å². The van der Waals surface area contributed by atoms with Crippen molar-refractivity contribution in [3.05, 3.63) is 29.3 Å². The molecule has 0 aliphatic carbocycles. The second-order valence-corrected chi connectivity index (χ2v) is 9.47. The fourth-order valence-corrected chi connectivity index (χ4v) is 5.14. The first-order valence-corrected chi connectivity index (χ1v) is 12.5. The van der Waals surface area contributed by atoms with Gasteiger partial charge >= 0.3 is 0 Å². The predicted octanol–water partition coefficient (Wildman–Crippen LogP) is 2.37. The molecule has 34 heavy (non-hydrogen) atoms. The number of piperidine rings is 2. The van der Waals surface area contributed by atoms with Crippen molar-refractivity contribution >= 4 is 30.1 Å². The van der Waals surface area contributed by atoms with E-state index in [2.05, 4.69) is 15.1 Å². The number of benzene rings is 1. The van der Waals surface area contributed by atoms with Crippen LogP contribution in [0.3, 0.4) is 0 Å². The first-order valence-electron chi connectivity index (χ1n) is 12.5. The third kappa shape index (κ3) is 6.44. The van der Waals surface area contributed by atoms with Gasteiger partial charge in [0.1, 0.15) is 12.3 Å². The molecule has 0 bridgehead atoms. The van der Waals surface area contributed by atoms with Gasteiger partial charge in [-0.2, -0.15) is 0 Å². The Morgan fingerprint density at radius 3 is 2.44 bits per heavy atom. The molecule has 2 amide bonds. The Morgan fingerprint density at radius 1 is 1.12 bits per heavy atom. The molecule has 2 heterocycles. The lowest BCUT2D eigenvalue weighted by Crippen LogP contribution is -2.47. The maximum Gasteiger partial charge on any atom is 0.255 e. The van der Waals surface area contributed by atoms with Gasteiger partial charge in [-0.05, 0) is 69.3 Å². The van der Waals surface area contributed by atoms with Gasteiger partial charge in [0.15, 0.2) is 6.29 Å². The van der Waals surface area contributed by atoms with Crippen molar-refractivity contribution in [3.63, 3.8) is 0 Å². The van der Waals surface area contributed by atoms with Crippen LogP contribution in [-0.2, 0) is 9.59 Å². The molecule has 0 radical (unpaired) electrons. The number of hydrogen-bond acceptors (Lipinski definition) is 6. The summed E-state index contributed by atoms with van der Waals surface area (Å²) in [6, 6.07) is 4.57. The van der Waals surface area contributed by atoms with E-state index in [1.165, 1.54) is 57.9 Å². The standard InChI is InChI=1S/C26H38N4O4/c1-27-25(33)24(7-6-16-31)28(2)26(34)23-9-8-22(17-21(23)19-32)30-14-10-20(11-15-30)18-29-12-4-3-5-13-29/h8-9,16-17,19-20,24H,3-7,10-15,18H2,1-2H3,(H,27,33). The third-order valence-electron chi connectivity index (χ3n) is 7.23. The number of nitrogens with one attached hydrogen (secondary N) is 1. The second kappa shape index (κ2) is 12.6. The molecule has 0 aromatic heterocycles. The molecular weight excluding hydrogens is 432 g/mol. The highest BCUT2D eigenvalue weighted by Crippen LogP contribution is 2.27. The van der Waals surface area contributed by atoms with Crippen LogP contribution in [0.2, 0.25) is 0 Å². The average molecular weight is 471 g/mol. The summed E-state index contributed by atoms with van der Waals surface area (Å²) in [5, 5.41) is 2.54. The summed E-state index contributed by atoms with van der Waals surface area (Å²) in [6.07, 6.45) is 8.07. The Kier molecular flexibility index (Phi) is 9.62. The summed E-state index contributed by atoms with van der Waals surface area (Å²) in [5.41, 5.74) is 1.53. The molecule has 1 N–H and O–H groups in total. The number of rotatable bonds is 10. The topological polar surface area (TPSA) is 90.0 Å². The lowest BCUT2D eigenvalue weighted by atomic mass is 9.94. The normalized spacial score (nSPS) is 18.2. The Morgan fingerprint density at radius 2 is 1.82 bits per heavy atom. The summed E-state index contributed by atoms with van der Waals surface area (Å²) < 4.78 is 0. The van der Waals surface area contributed by atoms with E-state index in [0.29, 0.717) is 17.8 Å². The molecule has 8 heteroatoms. The highest BCUT2D eigenvalue weighted by atomic mass is 16.2.